The standard InChI is InChI=1S/C10H6O2S2/c11-8-5-2-1-3-6(5)9(12)10-7(8)4-13-14-10/h1-4,11-12H. The summed E-state index contributed by atoms with van der Waals surface area (Å²) in [7, 11) is 2.99. The van der Waals surface area contributed by atoms with Crippen LogP contribution in [0, 0.1) is 0 Å². The lowest BCUT2D eigenvalue weighted by Crippen LogP contribution is -1.71. The maximum atomic E-state index is 9.92. The van der Waals surface area contributed by atoms with Crippen molar-refractivity contribution in [1.82, 2.24) is 0 Å². The number of fused-ring (bicyclic) bond motifs is 2. The average Bonchev–Trinajstić information content (AvgIpc) is 2.82. The van der Waals surface area contributed by atoms with Gasteiger partial charge in [0.15, 0.2) is 0 Å². The van der Waals surface area contributed by atoms with Gasteiger partial charge in [-0.15, -0.1) is 0 Å². The molecule has 14 heavy (non-hydrogen) atoms. The van der Waals surface area contributed by atoms with E-state index in [-0.39, 0.29) is 11.5 Å². The molecule has 0 radical (unpaired) electrons. The third kappa shape index (κ3) is 0.844. The Labute approximate surface area is 87.0 Å². The fourth-order valence-corrected chi connectivity index (χ4v) is 3.86. The SMILES string of the molecule is Oc1c2cccc2c(O)c2sscc12. The molecule has 70 valence electrons. The summed E-state index contributed by atoms with van der Waals surface area (Å²) in [5.74, 6) is 0.555. The van der Waals surface area contributed by atoms with Crippen LogP contribution in [0.4, 0.5) is 0 Å². The van der Waals surface area contributed by atoms with Crippen LogP contribution >= 0.6 is 20.7 Å². The van der Waals surface area contributed by atoms with Gasteiger partial charge >= 0.3 is 0 Å². The second-order valence-corrected chi connectivity index (χ2v) is 5.17. The smallest absolute Gasteiger partial charge is 0.142 e. The Bertz CT molecular complexity index is 519. The van der Waals surface area contributed by atoms with E-state index in [0.717, 1.165) is 20.9 Å². The molecule has 0 aliphatic heterocycles. The van der Waals surface area contributed by atoms with E-state index in [1.807, 2.05) is 23.6 Å². The molecule has 3 aromatic rings. The zero-order valence-electron chi connectivity index (χ0n) is 7.02. The number of hydrogen-bond donors (Lipinski definition) is 2. The topological polar surface area (TPSA) is 40.5 Å². The maximum Gasteiger partial charge on any atom is 0.142 e. The quantitative estimate of drug-likeness (QED) is 0.451. The molecule has 0 aliphatic rings. The van der Waals surface area contributed by atoms with Crippen LogP contribution in [0.2, 0.25) is 0 Å². The Morgan fingerprint density at radius 3 is 2.43 bits per heavy atom. The van der Waals surface area contributed by atoms with E-state index < -0.39 is 0 Å². The average molecular weight is 222 g/mol. The zero-order chi connectivity index (χ0) is 9.71. The van der Waals surface area contributed by atoms with Gasteiger partial charge in [-0.1, -0.05) is 38.9 Å². The molecule has 2 aromatic carbocycles. The van der Waals surface area contributed by atoms with Gasteiger partial charge in [0, 0.05) is 21.5 Å². The van der Waals surface area contributed by atoms with E-state index in [1.54, 1.807) is 0 Å². The third-order valence-electron chi connectivity index (χ3n) is 2.34. The summed E-state index contributed by atoms with van der Waals surface area (Å²) in [5.41, 5.74) is 0. The normalized spacial score (nSPS) is 11.4. The number of aromatic hydroxyl groups is 2. The van der Waals surface area contributed by atoms with E-state index in [2.05, 4.69) is 0 Å². The van der Waals surface area contributed by atoms with E-state index >= 15 is 0 Å². The molecule has 1 heterocycles. The van der Waals surface area contributed by atoms with Crippen LogP contribution in [0.5, 0.6) is 11.5 Å². The fourth-order valence-electron chi connectivity index (χ4n) is 1.65. The maximum absolute atomic E-state index is 9.92. The third-order valence-corrected chi connectivity index (χ3v) is 4.42. The van der Waals surface area contributed by atoms with Gasteiger partial charge in [-0.3, -0.25) is 0 Å². The van der Waals surface area contributed by atoms with Gasteiger partial charge in [-0.2, -0.15) is 0 Å². The number of benzene rings is 1. The second kappa shape index (κ2) is 2.62. The van der Waals surface area contributed by atoms with Crippen LogP contribution in [-0.2, 0) is 0 Å². The first-order valence-electron chi connectivity index (χ1n) is 4.09. The Morgan fingerprint density at radius 2 is 1.64 bits per heavy atom. The van der Waals surface area contributed by atoms with Gasteiger partial charge in [0.1, 0.15) is 11.5 Å². The van der Waals surface area contributed by atoms with Gasteiger partial charge < -0.3 is 10.2 Å². The molecule has 1 aromatic heterocycles. The van der Waals surface area contributed by atoms with Crippen molar-refractivity contribution in [3.05, 3.63) is 23.6 Å². The lowest BCUT2D eigenvalue weighted by atomic mass is 10.1. The monoisotopic (exact) mass is 222 g/mol. The molecule has 0 atom stereocenters. The number of hydrogen-bond acceptors (Lipinski definition) is 4. The largest absolute Gasteiger partial charge is 0.507 e. The highest BCUT2D eigenvalue weighted by atomic mass is 32.9. The summed E-state index contributed by atoms with van der Waals surface area (Å²) < 4.78 is 0.770. The van der Waals surface area contributed by atoms with Crippen molar-refractivity contribution in [3.8, 4) is 11.5 Å². The Hall–Kier alpha value is -1.26. The summed E-state index contributed by atoms with van der Waals surface area (Å²) in [6, 6.07) is 5.46. The van der Waals surface area contributed by atoms with Crippen molar-refractivity contribution in [3.63, 3.8) is 0 Å². The zero-order valence-corrected chi connectivity index (χ0v) is 8.65. The first kappa shape index (κ1) is 8.08. The van der Waals surface area contributed by atoms with Crippen molar-refractivity contribution in [1.29, 1.82) is 0 Å². The van der Waals surface area contributed by atoms with E-state index in [1.165, 1.54) is 20.7 Å². The van der Waals surface area contributed by atoms with Gasteiger partial charge in [0.2, 0.25) is 0 Å². The molecule has 0 unspecified atom stereocenters. The molecule has 0 fully saturated rings. The summed E-state index contributed by atoms with van der Waals surface area (Å²) in [6.45, 7) is 0. The van der Waals surface area contributed by atoms with Crippen LogP contribution in [0.25, 0.3) is 20.9 Å². The Balaban J connectivity index is 2.72. The molecule has 0 saturated carbocycles. The lowest BCUT2D eigenvalue weighted by Gasteiger charge is -2.01. The predicted octanol–water partition coefficient (Wildman–Crippen LogP) is 3.53. The van der Waals surface area contributed by atoms with Crippen molar-refractivity contribution >= 4 is 41.5 Å². The number of phenolic OH excluding ortho intramolecular Hbond substituents is 2. The molecular formula is C10H6O2S2. The first-order chi connectivity index (χ1) is 6.79. The molecule has 3 rings (SSSR count). The van der Waals surface area contributed by atoms with E-state index in [4.69, 9.17) is 0 Å². The van der Waals surface area contributed by atoms with Crippen LogP contribution < -0.4 is 0 Å². The summed E-state index contributed by atoms with van der Waals surface area (Å²) in [5, 5.41) is 23.9. The minimum atomic E-state index is 0.273. The summed E-state index contributed by atoms with van der Waals surface area (Å²) in [4.78, 5) is 0. The van der Waals surface area contributed by atoms with Crippen molar-refractivity contribution in [2.75, 3.05) is 0 Å². The van der Waals surface area contributed by atoms with Gasteiger partial charge in [-0.05, 0) is 0 Å². The highest BCUT2D eigenvalue weighted by molar-refractivity contribution is 7.71. The molecule has 0 aliphatic carbocycles. The van der Waals surface area contributed by atoms with Crippen LogP contribution in [0.15, 0.2) is 23.6 Å². The molecule has 2 N–H and O–H groups in total. The van der Waals surface area contributed by atoms with Gasteiger partial charge in [0.25, 0.3) is 0 Å². The molecule has 0 bridgehead atoms. The highest BCUT2D eigenvalue weighted by Crippen LogP contribution is 2.45. The summed E-state index contributed by atoms with van der Waals surface area (Å²) in [6.07, 6.45) is 0. The van der Waals surface area contributed by atoms with Crippen LogP contribution in [0.1, 0.15) is 0 Å². The summed E-state index contributed by atoms with van der Waals surface area (Å²) >= 11 is 0. The van der Waals surface area contributed by atoms with Gasteiger partial charge in [-0.25, -0.2) is 0 Å². The molecule has 2 nitrogen and oxygen atoms in total. The molecule has 0 spiro atoms. The van der Waals surface area contributed by atoms with Crippen molar-refractivity contribution in [2.45, 2.75) is 0 Å². The van der Waals surface area contributed by atoms with E-state index in [0.29, 0.717) is 0 Å². The van der Waals surface area contributed by atoms with Crippen LogP contribution in [0.3, 0.4) is 0 Å². The van der Waals surface area contributed by atoms with Crippen molar-refractivity contribution in [2.24, 2.45) is 0 Å². The number of rotatable bonds is 0. The van der Waals surface area contributed by atoms with Crippen molar-refractivity contribution < 1.29 is 10.2 Å². The highest BCUT2D eigenvalue weighted by Gasteiger charge is 2.13. The minimum absolute atomic E-state index is 0.273. The second-order valence-electron chi connectivity index (χ2n) is 3.09. The molecule has 4 heteroatoms. The predicted molar refractivity (Wildman–Crippen MR) is 60.5 cm³/mol. The Morgan fingerprint density at radius 1 is 0.929 bits per heavy atom. The van der Waals surface area contributed by atoms with Gasteiger partial charge in [0.05, 0.1) is 4.70 Å². The molecular weight excluding hydrogens is 216 g/mol. The number of phenols is 2. The molecule has 0 amide bonds. The minimum Gasteiger partial charge on any atom is -0.507 e. The fraction of sp³-hybridized carbons (Fsp3) is 0. The van der Waals surface area contributed by atoms with Crippen LogP contribution in [-0.4, -0.2) is 10.2 Å². The first-order valence-corrected chi connectivity index (χ1v) is 6.30. The molecule has 0 saturated heterocycles. The Kier molecular flexibility index (Phi) is 1.51. The van der Waals surface area contributed by atoms with E-state index in [9.17, 15) is 10.2 Å². The lowest BCUT2D eigenvalue weighted by molar-refractivity contribution is 0.479.